The van der Waals surface area contributed by atoms with Gasteiger partial charge in [0, 0.05) is 11.3 Å². The molecule has 0 heterocycles. The van der Waals surface area contributed by atoms with Gasteiger partial charge in [-0.25, -0.2) is 0 Å². The summed E-state index contributed by atoms with van der Waals surface area (Å²) in [5.74, 6) is -1.16. The van der Waals surface area contributed by atoms with Crippen molar-refractivity contribution in [3.63, 3.8) is 0 Å². The van der Waals surface area contributed by atoms with Crippen LogP contribution in [-0.2, 0) is 11.2 Å². The highest BCUT2D eigenvalue weighted by atomic mass is 16.4. The van der Waals surface area contributed by atoms with Gasteiger partial charge in [0.2, 0.25) is 0 Å². The molecule has 0 aliphatic rings. The van der Waals surface area contributed by atoms with E-state index in [1.54, 1.807) is 24.3 Å². The number of benzene rings is 2. The number of hydrogen-bond donors (Lipinski definition) is 2. The predicted molar refractivity (Wildman–Crippen MR) is 81.7 cm³/mol. The van der Waals surface area contributed by atoms with Gasteiger partial charge in [-0.3, -0.25) is 9.59 Å². The van der Waals surface area contributed by atoms with Crippen molar-refractivity contribution in [3.05, 3.63) is 64.7 Å². The van der Waals surface area contributed by atoms with Crippen LogP contribution in [0.3, 0.4) is 0 Å². The summed E-state index contributed by atoms with van der Waals surface area (Å²) in [6.07, 6.45) is -0.122. The summed E-state index contributed by atoms with van der Waals surface area (Å²) in [4.78, 5) is 23.2. The third-order valence-corrected chi connectivity index (χ3v) is 3.24. The molecule has 0 saturated heterocycles. The van der Waals surface area contributed by atoms with Crippen LogP contribution in [0.4, 0.5) is 5.69 Å². The van der Waals surface area contributed by atoms with Crippen molar-refractivity contribution in [2.45, 2.75) is 20.3 Å². The zero-order valence-electron chi connectivity index (χ0n) is 12.0. The van der Waals surface area contributed by atoms with E-state index in [1.807, 2.05) is 32.0 Å². The molecule has 108 valence electrons. The van der Waals surface area contributed by atoms with E-state index < -0.39 is 5.97 Å². The van der Waals surface area contributed by atoms with Crippen molar-refractivity contribution in [1.29, 1.82) is 0 Å². The highest BCUT2D eigenvalue weighted by Crippen LogP contribution is 2.18. The summed E-state index contributed by atoms with van der Waals surface area (Å²) in [5, 5.41) is 11.7. The van der Waals surface area contributed by atoms with Crippen molar-refractivity contribution in [1.82, 2.24) is 0 Å². The average molecular weight is 283 g/mol. The second-order valence-corrected chi connectivity index (χ2v) is 5.00. The molecule has 0 saturated carbocycles. The summed E-state index contributed by atoms with van der Waals surface area (Å²) in [7, 11) is 0. The molecule has 0 unspecified atom stereocenters. The molecule has 1 amide bonds. The van der Waals surface area contributed by atoms with Gasteiger partial charge in [0.25, 0.3) is 5.91 Å². The van der Waals surface area contributed by atoms with E-state index in [-0.39, 0.29) is 12.3 Å². The zero-order chi connectivity index (χ0) is 15.4. The van der Waals surface area contributed by atoms with Gasteiger partial charge in [0.15, 0.2) is 0 Å². The van der Waals surface area contributed by atoms with E-state index >= 15 is 0 Å². The number of carbonyl (C=O) groups is 2. The lowest BCUT2D eigenvalue weighted by molar-refractivity contribution is -0.136. The summed E-state index contributed by atoms with van der Waals surface area (Å²) < 4.78 is 0. The largest absolute Gasteiger partial charge is 0.481 e. The molecule has 4 heteroatoms. The number of carbonyl (C=O) groups excluding carboxylic acids is 1. The fraction of sp³-hybridized carbons (Fsp3) is 0.176. The van der Waals surface area contributed by atoms with Crippen molar-refractivity contribution in [3.8, 4) is 0 Å². The first-order valence-electron chi connectivity index (χ1n) is 6.65. The molecule has 0 radical (unpaired) electrons. The van der Waals surface area contributed by atoms with Crippen molar-refractivity contribution >= 4 is 17.6 Å². The molecule has 0 spiro atoms. The number of rotatable bonds is 4. The van der Waals surface area contributed by atoms with Crippen LogP contribution in [0.25, 0.3) is 0 Å². The van der Waals surface area contributed by atoms with Crippen LogP contribution in [-0.4, -0.2) is 17.0 Å². The molecule has 0 fully saturated rings. The number of anilines is 1. The summed E-state index contributed by atoms with van der Waals surface area (Å²) in [6, 6.07) is 12.6. The lowest BCUT2D eigenvalue weighted by Gasteiger charge is -2.11. The Morgan fingerprint density at radius 2 is 1.81 bits per heavy atom. The van der Waals surface area contributed by atoms with Crippen LogP contribution in [0.2, 0.25) is 0 Å². The average Bonchev–Trinajstić information content (AvgIpc) is 2.43. The van der Waals surface area contributed by atoms with E-state index in [0.29, 0.717) is 16.8 Å². The number of carboxylic acid groups (broad SMARTS) is 1. The molecule has 0 aliphatic heterocycles. The number of aryl methyl sites for hydroxylation is 2. The van der Waals surface area contributed by atoms with Crippen LogP contribution in [0.5, 0.6) is 0 Å². The number of amides is 1. The Kier molecular flexibility index (Phi) is 4.38. The first-order valence-corrected chi connectivity index (χ1v) is 6.65. The maximum absolute atomic E-state index is 12.4. The Labute approximate surface area is 123 Å². The van der Waals surface area contributed by atoms with Gasteiger partial charge in [-0.15, -0.1) is 0 Å². The fourth-order valence-corrected chi connectivity index (χ4v) is 2.13. The van der Waals surface area contributed by atoms with E-state index in [0.717, 1.165) is 11.1 Å². The number of carboxylic acids is 1. The molecule has 0 aromatic heterocycles. The van der Waals surface area contributed by atoms with Crippen molar-refractivity contribution in [2.75, 3.05) is 5.32 Å². The van der Waals surface area contributed by atoms with Gasteiger partial charge in [0.1, 0.15) is 0 Å². The summed E-state index contributed by atoms with van der Waals surface area (Å²) in [5.41, 5.74) is 3.60. The molecule has 0 bridgehead atoms. The van der Waals surface area contributed by atoms with Crippen molar-refractivity contribution < 1.29 is 14.7 Å². The highest BCUT2D eigenvalue weighted by Gasteiger charge is 2.12. The minimum Gasteiger partial charge on any atom is -0.481 e. The van der Waals surface area contributed by atoms with Crippen LogP contribution in [0, 0.1) is 13.8 Å². The van der Waals surface area contributed by atoms with Gasteiger partial charge < -0.3 is 10.4 Å². The summed E-state index contributed by atoms with van der Waals surface area (Å²) in [6.45, 7) is 3.80. The van der Waals surface area contributed by atoms with Crippen LogP contribution >= 0.6 is 0 Å². The quantitative estimate of drug-likeness (QED) is 0.905. The number of para-hydroxylation sites is 1. The number of hydrogen-bond acceptors (Lipinski definition) is 2. The van der Waals surface area contributed by atoms with Gasteiger partial charge in [-0.05, 0) is 37.1 Å². The lowest BCUT2D eigenvalue weighted by Crippen LogP contribution is -2.15. The van der Waals surface area contributed by atoms with E-state index in [9.17, 15) is 9.59 Å². The Morgan fingerprint density at radius 3 is 2.52 bits per heavy atom. The van der Waals surface area contributed by atoms with Gasteiger partial charge in [0.05, 0.1) is 6.42 Å². The molecule has 4 nitrogen and oxygen atoms in total. The second kappa shape index (κ2) is 6.22. The Hall–Kier alpha value is -2.62. The Morgan fingerprint density at radius 1 is 1.10 bits per heavy atom. The smallest absolute Gasteiger partial charge is 0.307 e. The monoisotopic (exact) mass is 283 g/mol. The first-order chi connectivity index (χ1) is 9.97. The third kappa shape index (κ3) is 3.69. The van der Waals surface area contributed by atoms with E-state index in [1.165, 1.54) is 0 Å². The normalized spacial score (nSPS) is 10.2. The molecule has 2 rings (SSSR count). The zero-order valence-corrected chi connectivity index (χ0v) is 12.0. The lowest BCUT2D eigenvalue weighted by atomic mass is 10.0. The molecule has 21 heavy (non-hydrogen) atoms. The molecule has 2 aromatic rings. The Bertz CT molecular complexity index is 692. The molecule has 0 atom stereocenters. The second-order valence-electron chi connectivity index (χ2n) is 5.00. The van der Waals surface area contributed by atoms with Crippen LogP contribution in [0.15, 0.2) is 42.5 Å². The molecule has 2 N–H and O–H groups in total. The number of nitrogens with one attached hydrogen (secondary N) is 1. The van der Waals surface area contributed by atoms with Gasteiger partial charge in [-0.1, -0.05) is 35.9 Å². The highest BCUT2D eigenvalue weighted by molar-refractivity contribution is 6.05. The van der Waals surface area contributed by atoms with E-state index in [4.69, 9.17) is 5.11 Å². The third-order valence-electron chi connectivity index (χ3n) is 3.24. The van der Waals surface area contributed by atoms with Crippen LogP contribution < -0.4 is 5.32 Å². The van der Waals surface area contributed by atoms with E-state index in [2.05, 4.69) is 5.32 Å². The molecule has 2 aromatic carbocycles. The molecular weight excluding hydrogens is 266 g/mol. The minimum atomic E-state index is -0.927. The topological polar surface area (TPSA) is 66.4 Å². The standard InChI is InChI=1S/C17H17NO3/c1-11-7-8-12(2)14(9-11)17(21)18-15-6-4-3-5-13(15)10-16(19)20/h3-9H,10H2,1-2H3,(H,18,21)(H,19,20). The first kappa shape index (κ1) is 14.8. The maximum atomic E-state index is 12.4. The summed E-state index contributed by atoms with van der Waals surface area (Å²) >= 11 is 0. The maximum Gasteiger partial charge on any atom is 0.307 e. The SMILES string of the molecule is Cc1ccc(C)c(C(=O)Nc2ccccc2CC(=O)O)c1. The molecule has 0 aliphatic carbocycles. The Balaban J connectivity index is 2.27. The minimum absolute atomic E-state index is 0.122. The van der Waals surface area contributed by atoms with Gasteiger partial charge in [-0.2, -0.15) is 0 Å². The van der Waals surface area contributed by atoms with Gasteiger partial charge >= 0.3 is 5.97 Å². The molecular formula is C17H17NO3. The van der Waals surface area contributed by atoms with Crippen LogP contribution in [0.1, 0.15) is 27.0 Å². The predicted octanol–water partition coefficient (Wildman–Crippen LogP) is 3.18. The number of aliphatic carboxylic acids is 1. The van der Waals surface area contributed by atoms with Crippen molar-refractivity contribution in [2.24, 2.45) is 0 Å². The fourth-order valence-electron chi connectivity index (χ4n) is 2.13.